The highest BCUT2D eigenvalue weighted by Crippen LogP contribution is 2.31. The molecule has 0 saturated carbocycles. The first-order valence-electron chi connectivity index (χ1n) is 7.86. The zero-order valence-corrected chi connectivity index (χ0v) is 13.5. The van der Waals surface area contributed by atoms with Crippen LogP contribution in [0.5, 0.6) is 0 Å². The van der Waals surface area contributed by atoms with Crippen LogP contribution >= 0.6 is 0 Å². The topological polar surface area (TPSA) is 80.4 Å². The molecule has 25 heavy (non-hydrogen) atoms. The van der Waals surface area contributed by atoms with Gasteiger partial charge in [-0.25, -0.2) is 4.79 Å². The minimum atomic E-state index is -0.996. The van der Waals surface area contributed by atoms with Crippen LogP contribution in [-0.4, -0.2) is 17.0 Å². The maximum Gasteiger partial charge on any atom is 0.335 e. The molecule has 0 aliphatic carbocycles. The molecule has 3 N–H and O–H groups in total. The highest BCUT2D eigenvalue weighted by molar-refractivity contribution is 6.01. The Hall–Kier alpha value is -3.40. The lowest BCUT2D eigenvalue weighted by Gasteiger charge is -2.15. The van der Waals surface area contributed by atoms with E-state index in [1.165, 1.54) is 0 Å². The summed E-state index contributed by atoms with van der Waals surface area (Å²) in [6.07, 6.45) is 0.450. The van der Waals surface area contributed by atoms with E-state index in [1.807, 2.05) is 42.5 Å². The predicted molar refractivity (Wildman–Crippen MR) is 96.6 cm³/mol. The van der Waals surface area contributed by atoms with Crippen LogP contribution in [0.15, 0.2) is 72.8 Å². The number of nitrogens with two attached hydrogens (primary N) is 1. The van der Waals surface area contributed by atoms with Crippen molar-refractivity contribution in [1.82, 2.24) is 0 Å². The number of rotatable bonds is 5. The van der Waals surface area contributed by atoms with Crippen LogP contribution in [0.3, 0.4) is 0 Å². The van der Waals surface area contributed by atoms with Crippen LogP contribution in [0.25, 0.3) is 11.1 Å². The molecule has 0 spiro atoms. The highest BCUT2D eigenvalue weighted by Gasteiger charge is 2.18. The first-order valence-corrected chi connectivity index (χ1v) is 7.86. The number of hydrogen-bond donors (Lipinski definition) is 2. The van der Waals surface area contributed by atoms with E-state index in [4.69, 9.17) is 5.73 Å². The Labute approximate surface area is 145 Å². The summed E-state index contributed by atoms with van der Waals surface area (Å²) in [5.74, 6) is -1.54. The molecule has 4 nitrogen and oxygen atoms in total. The summed E-state index contributed by atoms with van der Waals surface area (Å²) in [5, 5.41) is 9.60. The summed E-state index contributed by atoms with van der Waals surface area (Å²) in [6.45, 7) is 0. The minimum Gasteiger partial charge on any atom is -0.478 e. The molecule has 0 heterocycles. The summed E-state index contributed by atoms with van der Waals surface area (Å²) in [5.41, 5.74) is 9.10. The largest absolute Gasteiger partial charge is 0.478 e. The van der Waals surface area contributed by atoms with Gasteiger partial charge in [-0.15, -0.1) is 0 Å². The molecule has 3 aromatic rings. The zero-order chi connectivity index (χ0) is 17.8. The molecule has 0 saturated heterocycles. The van der Waals surface area contributed by atoms with Gasteiger partial charge >= 0.3 is 5.97 Å². The molecule has 0 aliphatic rings. The molecule has 3 rings (SSSR count). The van der Waals surface area contributed by atoms with Crippen molar-refractivity contribution in [2.45, 2.75) is 6.42 Å². The molecule has 0 fully saturated rings. The molecule has 0 bridgehead atoms. The van der Waals surface area contributed by atoms with Crippen molar-refractivity contribution < 1.29 is 14.7 Å². The fourth-order valence-electron chi connectivity index (χ4n) is 2.96. The van der Waals surface area contributed by atoms with Gasteiger partial charge in [0, 0.05) is 5.56 Å². The van der Waals surface area contributed by atoms with Crippen LogP contribution in [0.2, 0.25) is 0 Å². The van der Waals surface area contributed by atoms with Gasteiger partial charge in [-0.1, -0.05) is 60.7 Å². The van der Waals surface area contributed by atoms with Crippen LogP contribution < -0.4 is 5.73 Å². The normalized spacial score (nSPS) is 10.4. The van der Waals surface area contributed by atoms with Gasteiger partial charge in [-0.05, 0) is 40.8 Å². The molecule has 124 valence electrons. The highest BCUT2D eigenvalue weighted by atomic mass is 16.4. The lowest BCUT2D eigenvalue weighted by molar-refractivity contribution is 0.0695. The third-order valence-corrected chi connectivity index (χ3v) is 4.11. The van der Waals surface area contributed by atoms with Crippen LogP contribution in [0, 0.1) is 0 Å². The summed E-state index contributed by atoms with van der Waals surface area (Å²) in [7, 11) is 0. The first-order chi connectivity index (χ1) is 12.1. The van der Waals surface area contributed by atoms with E-state index in [2.05, 4.69) is 0 Å². The van der Waals surface area contributed by atoms with Crippen LogP contribution in [0.1, 0.15) is 31.8 Å². The Balaban J connectivity index is 2.22. The number of aromatic carboxylic acids is 1. The second kappa shape index (κ2) is 7.01. The molecular formula is C21H17NO3. The summed E-state index contributed by atoms with van der Waals surface area (Å²) in [6, 6.07) is 21.7. The van der Waals surface area contributed by atoms with Gasteiger partial charge in [-0.2, -0.15) is 0 Å². The number of carbonyl (C=O) groups is 2. The fraction of sp³-hybridized carbons (Fsp3) is 0.0476. The van der Waals surface area contributed by atoms with E-state index >= 15 is 0 Å². The van der Waals surface area contributed by atoms with E-state index in [0.717, 1.165) is 5.56 Å². The number of amides is 1. The van der Waals surface area contributed by atoms with E-state index in [1.54, 1.807) is 30.3 Å². The monoisotopic (exact) mass is 331 g/mol. The lowest BCUT2D eigenvalue weighted by atomic mass is 9.89. The maximum absolute atomic E-state index is 11.8. The second-order valence-corrected chi connectivity index (χ2v) is 5.71. The van der Waals surface area contributed by atoms with Crippen molar-refractivity contribution in [1.29, 1.82) is 0 Å². The Kier molecular flexibility index (Phi) is 4.61. The van der Waals surface area contributed by atoms with Gasteiger partial charge in [0.1, 0.15) is 0 Å². The molecule has 0 unspecified atom stereocenters. The average Bonchev–Trinajstić information content (AvgIpc) is 2.62. The summed E-state index contributed by atoms with van der Waals surface area (Å²) < 4.78 is 0. The summed E-state index contributed by atoms with van der Waals surface area (Å²) >= 11 is 0. The number of carboxylic acids is 1. The Morgan fingerprint density at radius 1 is 0.760 bits per heavy atom. The lowest BCUT2D eigenvalue weighted by Crippen LogP contribution is -2.13. The second-order valence-electron chi connectivity index (χ2n) is 5.71. The van der Waals surface area contributed by atoms with Crippen molar-refractivity contribution >= 4 is 11.9 Å². The van der Waals surface area contributed by atoms with Crippen molar-refractivity contribution in [3.63, 3.8) is 0 Å². The molecule has 3 aromatic carbocycles. The Morgan fingerprint density at radius 3 is 2.04 bits per heavy atom. The van der Waals surface area contributed by atoms with E-state index in [-0.39, 0.29) is 5.56 Å². The molecule has 1 amide bonds. The molecule has 0 aliphatic heterocycles. The maximum atomic E-state index is 11.8. The smallest absolute Gasteiger partial charge is 0.335 e. The number of primary amides is 1. The third-order valence-electron chi connectivity index (χ3n) is 4.11. The van der Waals surface area contributed by atoms with Crippen molar-refractivity contribution in [2.24, 2.45) is 5.73 Å². The van der Waals surface area contributed by atoms with Gasteiger partial charge < -0.3 is 10.8 Å². The van der Waals surface area contributed by atoms with Crippen molar-refractivity contribution in [3.05, 3.63) is 95.1 Å². The average molecular weight is 331 g/mol. The van der Waals surface area contributed by atoms with Gasteiger partial charge in [-0.3, -0.25) is 4.79 Å². The van der Waals surface area contributed by atoms with Crippen LogP contribution in [0.4, 0.5) is 0 Å². The predicted octanol–water partition coefficient (Wildman–Crippen LogP) is 3.74. The van der Waals surface area contributed by atoms with Gasteiger partial charge in [0.05, 0.1) is 5.56 Å². The van der Waals surface area contributed by atoms with E-state index < -0.39 is 11.9 Å². The minimum absolute atomic E-state index is 0.223. The van der Waals surface area contributed by atoms with Crippen molar-refractivity contribution in [2.75, 3.05) is 0 Å². The molecule has 4 heteroatoms. The first kappa shape index (κ1) is 16.5. The quantitative estimate of drug-likeness (QED) is 0.747. The van der Waals surface area contributed by atoms with Crippen LogP contribution in [-0.2, 0) is 6.42 Å². The Bertz CT molecular complexity index is 933. The van der Waals surface area contributed by atoms with Gasteiger partial charge in [0.15, 0.2) is 0 Å². The number of hydrogen-bond acceptors (Lipinski definition) is 2. The number of carbonyl (C=O) groups excluding carboxylic acids is 1. The van der Waals surface area contributed by atoms with E-state index in [0.29, 0.717) is 28.7 Å². The molecular weight excluding hydrogens is 314 g/mol. The number of carboxylic acid groups (broad SMARTS) is 1. The molecule has 0 radical (unpaired) electrons. The van der Waals surface area contributed by atoms with Crippen molar-refractivity contribution in [3.8, 4) is 11.1 Å². The molecule has 0 aromatic heterocycles. The standard InChI is InChI=1S/C21H17NO3/c22-20(23)17-10-5-4-9-15(17)16-11-6-12-18(21(24)25)19(16)13-14-7-2-1-3-8-14/h1-12H,13H2,(H2,22,23)(H,24,25). The Morgan fingerprint density at radius 2 is 1.36 bits per heavy atom. The van der Waals surface area contributed by atoms with Gasteiger partial charge in [0.25, 0.3) is 0 Å². The third kappa shape index (κ3) is 3.43. The number of benzene rings is 3. The summed E-state index contributed by atoms with van der Waals surface area (Å²) in [4.78, 5) is 23.5. The fourth-order valence-corrected chi connectivity index (χ4v) is 2.96. The van der Waals surface area contributed by atoms with Gasteiger partial charge in [0.2, 0.25) is 5.91 Å². The van der Waals surface area contributed by atoms with E-state index in [9.17, 15) is 14.7 Å². The molecule has 0 atom stereocenters. The SMILES string of the molecule is NC(=O)c1ccccc1-c1cccc(C(=O)O)c1Cc1ccccc1. The zero-order valence-electron chi connectivity index (χ0n) is 13.5.